The third-order valence-electron chi connectivity index (χ3n) is 3.90. The number of rotatable bonds is 2. The molecule has 1 aromatic carbocycles. The molecule has 6 heteroatoms. The lowest BCUT2D eigenvalue weighted by atomic mass is 10.0. The molecule has 0 aliphatic carbocycles. The van der Waals surface area contributed by atoms with Gasteiger partial charge in [-0.25, -0.2) is 9.59 Å². The average molecular weight is 274 g/mol. The van der Waals surface area contributed by atoms with Crippen molar-refractivity contribution >= 4 is 17.9 Å². The Morgan fingerprint density at radius 1 is 1.15 bits per heavy atom. The second-order valence-corrected chi connectivity index (χ2v) is 5.06. The van der Waals surface area contributed by atoms with Gasteiger partial charge >= 0.3 is 12.0 Å². The number of nitrogens with zero attached hydrogens (tertiary/aromatic N) is 2. The third kappa shape index (κ3) is 1.84. The standard InChI is InChI=1S/C14H14N2O4/c17-12(9-4-2-1-3-5-9)16-10-6-7-11(13(18)19)15(8-10)14(16)20/h1-5,10-11H,6-8H2,(H,18,19). The van der Waals surface area contributed by atoms with Gasteiger partial charge in [0.2, 0.25) is 0 Å². The van der Waals surface area contributed by atoms with Gasteiger partial charge < -0.3 is 10.0 Å². The molecule has 2 saturated heterocycles. The molecule has 20 heavy (non-hydrogen) atoms. The summed E-state index contributed by atoms with van der Waals surface area (Å²) in [5.41, 5.74) is 0.446. The first-order chi connectivity index (χ1) is 9.59. The number of imide groups is 1. The van der Waals surface area contributed by atoms with Crippen LogP contribution in [0.2, 0.25) is 0 Å². The van der Waals surface area contributed by atoms with Crippen LogP contribution >= 0.6 is 0 Å². The first-order valence-electron chi connectivity index (χ1n) is 6.51. The molecule has 3 amide bonds. The number of hydrogen-bond donors (Lipinski definition) is 1. The predicted molar refractivity (Wildman–Crippen MR) is 69.2 cm³/mol. The van der Waals surface area contributed by atoms with E-state index in [0.717, 1.165) is 0 Å². The van der Waals surface area contributed by atoms with E-state index in [2.05, 4.69) is 0 Å². The Hall–Kier alpha value is -2.37. The van der Waals surface area contributed by atoms with Crippen LogP contribution in [0.25, 0.3) is 0 Å². The molecule has 0 spiro atoms. The average Bonchev–Trinajstić information content (AvgIpc) is 2.71. The minimum absolute atomic E-state index is 0.217. The number of fused-ring (bicyclic) bond motifs is 2. The van der Waals surface area contributed by atoms with E-state index in [1.54, 1.807) is 30.3 Å². The maximum atomic E-state index is 12.4. The van der Waals surface area contributed by atoms with E-state index in [9.17, 15) is 14.4 Å². The molecule has 6 nitrogen and oxygen atoms in total. The number of piperidine rings is 1. The molecule has 2 aliphatic heterocycles. The van der Waals surface area contributed by atoms with Crippen LogP contribution in [0, 0.1) is 0 Å². The fourth-order valence-corrected chi connectivity index (χ4v) is 2.90. The fraction of sp³-hybridized carbons (Fsp3) is 0.357. The normalized spacial score (nSPS) is 24.9. The highest BCUT2D eigenvalue weighted by atomic mass is 16.4. The van der Waals surface area contributed by atoms with Crippen molar-refractivity contribution in [1.82, 2.24) is 9.80 Å². The number of aliphatic carboxylic acids is 1. The van der Waals surface area contributed by atoms with Gasteiger partial charge in [0, 0.05) is 12.1 Å². The van der Waals surface area contributed by atoms with Crippen LogP contribution in [-0.2, 0) is 4.79 Å². The highest BCUT2D eigenvalue weighted by Crippen LogP contribution is 2.31. The molecule has 2 aliphatic rings. The Labute approximate surface area is 115 Å². The number of carboxylic acid groups (broad SMARTS) is 1. The first kappa shape index (κ1) is 12.7. The maximum absolute atomic E-state index is 12.4. The number of carbonyl (C=O) groups is 3. The largest absolute Gasteiger partial charge is 0.480 e. The first-order valence-corrected chi connectivity index (χ1v) is 6.51. The summed E-state index contributed by atoms with van der Waals surface area (Å²) >= 11 is 0. The summed E-state index contributed by atoms with van der Waals surface area (Å²) in [6.45, 7) is 0.314. The van der Waals surface area contributed by atoms with Crippen LogP contribution in [0.15, 0.2) is 30.3 Å². The molecule has 3 rings (SSSR count). The second kappa shape index (κ2) is 4.63. The van der Waals surface area contributed by atoms with Crippen molar-refractivity contribution in [1.29, 1.82) is 0 Å². The number of amides is 3. The topological polar surface area (TPSA) is 77.9 Å². The third-order valence-corrected chi connectivity index (χ3v) is 3.90. The van der Waals surface area contributed by atoms with Gasteiger partial charge in [0.05, 0.1) is 6.04 Å². The van der Waals surface area contributed by atoms with Crippen LogP contribution in [0.5, 0.6) is 0 Å². The Bertz CT molecular complexity index is 572. The summed E-state index contributed by atoms with van der Waals surface area (Å²) in [6, 6.07) is 7.06. The maximum Gasteiger partial charge on any atom is 0.328 e. The summed E-state index contributed by atoms with van der Waals surface area (Å²) in [5.74, 6) is -1.36. The monoisotopic (exact) mass is 274 g/mol. The molecular weight excluding hydrogens is 260 g/mol. The lowest BCUT2D eigenvalue weighted by molar-refractivity contribution is -0.142. The molecule has 1 N–H and O–H groups in total. The highest BCUT2D eigenvalue weighted by molar-refractivity contribution is 6.06. The molecular formula is C14H14N2O4. The molecule has 2 unspecified atom stereocenters. The minimum atomic E-state index is -1.01. The van der Waals surface area contributed by atoms with E-state index in [0.29, 0.717) is 24.9 Å². The van der Waals surface area contributed by atoms with E-state index in [-0.39, 0.29) is 11.9 Å². The fourth-order valence-electron chi connectivity index (χ4n) is 2.90. The molecule has 0 radical (unpaired) electrons. The number of carbonyl (C=O) groups excluding carboxylic acids is 2. The van der Waals surface area contributed by atoms with E-state index >= 15 is 0 Å². The van der Waals surface area contributed by atoms with Crippen LogP contribution in [-0.4, -0.2) is 51.4 Å². The number of hydrogen-bond acceptors (Lipinski definition) is 3. The van der Waals surface area contributed by atoms with Gasteiger partial charge in [-0.1, -0.05) is 18.2 Å². The smallest absolute Gasteiger partial charge is 0.328 e. The zero-order chi connectivity index (χ0) is 14.3. The minimum Gasteiger partial charge on any atom is -0.480 e. The van der Waals surface area contributed by atoms with Gasteiger partial charge in [-0.05, 0) is 25.0 Å². The van der Waals surface area contributed by atoms with Crippen LogP contribution in [0.4, 0.5) is 4.79 Å². The summed E-state index contributed by atoms with van der Waals surface area (Å²) in [7, 11) is 0. The second-order valence-electron chi connectivity index (χ2n) is 5.06. The summed E-state index contributed by atoms with van der Waals surface area (Å²) in [4.78, 5) is 38.3. The molecule has 2 bridgehead atoms. The number of urea groups is 1. The van der Waals surface area contributed by atoms with Crippen LogP contribution < -0.4 is 0 Å². The van der Waals surface area contributed by atoms with Crippen molar-refractivity contribution in [3.8, 4) is 0 Å². The lowest BCUT2D eigenvalue weighted by Crippen LogP contribution is -2.45. The van der Waals surface area contributed by atoms with Crippen molar-refractivity contribution in [2.45, 2.75) is 24.9 Å². The zero-order valence-electron chi connectivity index (χ0n) is 10.7. The van der Waals surface area contributed by atoms with Gasteiger partial charge in [-0.3, -0.25) is 9.69 Å². The zero-order valence-corrected chi connectivity index (χ0v) is 10.7. The Morgan fingerprint density at radius 2 is 1.85 bits per heavy atom. The lowest BCUT2D eigenvalue weighted by Gasteiger charge is -2.27. The molecule has 2 heterocycles. The molecule has 0 saturated carbocycles. The molecule has 1 aromatic rings. The number of benzene rings is 1. The Balaban J connectivity index is 1.88. The number of carboxylic acids is 1. The van der Waals surface area contributed by atoms with Gasteiger partial charge in [0.15, 0.2) is 0 Å². The molecule has 2 atom stereocenters. The van der Waals surface area contributed by atoms with Crippen molar-refractivity contribution in [3.05, 3.63) is 35.9 Å². The van der Waals surface area contributed by atoms with Gasteiger partial charge in [-0.2, -0.15) is 0 Å². The van der Waals surface area contributed by atoms with Crippen molar-refractivity contribution < 1.29 is 19.5 Å². The van der Waals surface area contributed by atoms with E-state index < -0.39 is 18.0 Å². The quantitative estimate of drug-likeness (QED) is 0.878. The predicted octanol–water partition coefficient (Wildman–Crippen LogP) is 1.18. The van der Waals surface area contributed by atoms with E-state index in [1.807, 2.05) is 0 Å². The van der Waals surface area contributed by atoms with Gasteiger partial charge in [0.25, 0.3) is 5.91 Å². The van der Waals surface area contributed by atoms with E-state index in [1.165, 1.54) is 9.80 Å². The van der Waals surface area contributed by atoms with E-state index in [4.69, 9.17) is 5.11 Å². The van der Waals surface area contributed by atoms with Crippen LogP contribution in [0.3, 0.4) is 0 Å². The Kier molecular flexibility index (Phi) is 2.93. The van der Waals surface area contributed by atoms with Gasteiger partial charge in [0.1, 0.15) is 6.04 Å². The SMILES string of the molecule is O=C(O)C1CCC2CN1C(=O)N2C(=O)c1ccccc1. The van der Waals surface area contributed by atoms with Crippen molar-refractivity contribution in [3.63, 3.8) is 0 Å². The summed E-state index contributed by atoms with van der Waals surface area (Å²) in [6.07, 6.45) is 0.933. The van der Waals surface area contributed by atoms with Crippen LogP contribution in [0.1, 0.15) is 23.2 Å². The molecule has 2 fully saturated rings. The van der Waals surface area contributed by atoms with Gasteiger partial charge in [-0.15, -0.1) is 0 Å². The molecule has 104 valence electrons. The highest BCUT2D eigenvalue weighted by Gasteiger charge is 2.49. The Morgan fingerprint density at radius 3 is 2.50 bits per heavy atom. The summed E-state index contributed by atoms with van der Waals surface area (Å²) in [5, 5.41) is 9.12. The molecule has 0 aromatic heterocycles. The van der Waals surface area contributed by atoms with Crippen molar-refractivity contribution in [2.24, 2.45) is 0 Å². The van der Waals surface area contributed by atoms with Crippen molar-refractivity contribution in [2.75, 3.05) is 6.54 Å². The summed E-state index contributed by atoms with van der Waals surface area (Å²) < 4.78 is 0.